The summed E-state index contributed by atoms with van der Waals surface area (Å²) in [6, 6.07) is 12.0. The lowest BCUT2D eigenvalue weighted by molar-refractivity contribution is -0.135. The van der Waals surface area contributed by atoms with Gasteiger partial charge in [0.1, 0.15) is 18.5 Å². The molecule has 234 valence electrons. The van der Waals surface area contributed by atoms with Gasteiger partial charge < -0.3 is 24.3 Å². The molecule has 3 saturated carbocycles. The molecule has 9 nitrogen and oxygen atoms in total. The normalized spacial score (nSPS) is 23.7. The van der Waals surface area contributed by atoms with E-state index in [-0.39, 0.29) is 13.1 Å². The number of fused-ring (bicyclic) bond motifs is 2. The first kappa shape index (κ1) is 29.8. The van der Waals surface area contributed by atoms with E-state index in [0.717, 1.165) is 52.5 Å². The zero-order valence-corrected chi connectivity index (χ0v) is 26.3. The summed E-state index contributed by atoms with van der Waals surface area (Å²) in [5, 5.41) is 2.81. The van der Waals surface area contributed by atoms with Crippen LogP contribution in [0, 0.1) is 12.5 Å². The van der Waals surface area contributed by atoms with E-state index >= 15 is 0 Å². The molecule has 0 N–H and O–H groups in total. The lowest BCUT2D eigenvalue weighted by Crippen LogP contribution is -2.67. The van der Waals surface area contributed by atoms with Crippen molar-refractivity contribution in [2.24, 2.45) is 5.92 Å². The van der Waals surface area contributed by atoms with E-state index in [4.69, 9.17) is 32.9 Å². The fourth-order valence-electron chi connectivity index (χ4n) is 7.60. The van der Waals surface area contributed by atoms with Crippen LogP contribution in [0.2, 0.25) is 5.02 Å². The lowest BCUT2D eigenvalue weighted by Gasteiger charge is -2.66. The van der Waals surface area contributed by atoms with Crippen LogP contribution in [0.1, 0.15) is 30.5 Å². The summed E-state index contributed by atoms with van der Waals surface area (Å²) in [5.74, 6) is -0.0929. The van der Waals surface area contributed by atoms with E-state index in [1.54, 1.807) is 0 Å². The van der Waals surface area contributed by atoms with Gasteiger partial charge in [-0.1, -0.05) is 42.4 Å². The van der Waals surface area contributed by atoms with Crippen molar-refractivity contribution in [3.63, 3.8) is 0 Å². The number of likely N-dealkylation sites (N-methyl/N-ethyl adjacent to an activating group) is 1. The minimum Gasteiger partial charge on any atom is -0.462 e. The van der Waals surface area contributed by atoms with Crippen LogP contribution in [0.5, 0.6) is 6.01 Å². The number of carbonyl (C=O) groups is 1. The second-order valence-corrected chi connectivity index (χ2v) is 13.3. The van der Waals surface area contributed by atoms with Gasteiger partial charge in [0.2, 0.25) is 6.54 Å². The molecule has 0 spiro atoms. The Bertz CT molecular complexity index is 1690. The number of rotatable bonds is 9. The number of hydrogen-bond donors (Lipinski definition) is 0. The maximum atomic E-state index is 13.8. The summed E-state index contributed by atoms with van der Waals surface area (Å²) >= 11 is 6.70. The van der Waals surface area contributed by atoms with Crippen LogP contribution in [-0.4, -0.2) is 90.2 Å². The van der Waals surface area contributed by atoms with Crippen molar-refractivity contribution >= 4 is 39.8 Å². The molecule has 1 amide bonds. The Balaban J connectivity index is 1.18. The second-order valence-electron chi connectivity index (χ2n) is 12.9. The average Bonchev–Trinajstić information content (AvgIpc) is 2.98. The van der Waals surface area contributed by atoms with Gasteiger partial charge in [-0.2, -0.15) is 9.97 Å². The van der Waals surface area contributed by atoms with Crippen LogP contribution in [0.4, 0.5) is 15.9 Å². The molecule has 8 rings (SSSR count). The van der Waals surface area contributed by atoms with Gasteiger partial charge in [-0.25, -0.2) is 11.0 Å². The van der Waals surface area contributed by atoms with Gasteiger partial charge in [0.05, 0.1) is 17.3 Å². The third-order valence-corrected chi connectivity index (χ3v) is 10.6. The molecule has 3 aliphatic carbocycles. The first-order valence-electron chi connectivity index (χ1n) is 15.7. The number of halogens is 2. The highest BCUT2D eigenvalue weighted by molar-refractivity contribution is 6.36. The molecule has 3 heterocycles. The van der Waals surface area contributed by atoms with Crippen LogP contribution < -0.4 is 14.5 Å². The van der Waals surface area contributed by atoms with Gasteiger partial charge in [0.15, 0.2) is 5.83 Å². The van der Waals surface area contributed by atoms with Crippen molar-refractivity contribution in [3.05, 3.63) is 76.5 Å². The summed E-state index contributed by atoms with van der Waals surface area (Å²) in [6.45, 7) is 14.4. The molecule has 2 aliphatic heterocycles. The zero-order chi connectivity index (χ0) is 31.3. The molecule has 4 fully saturated rings. The Hall–Kier alpha value is -3.94. The maximum Gasteiger partial charge on any atom is 0.318 e. The van der Waals surface area contributed by atoms with Crippen LogP contribution in [0.15, 0.2) is 48.8 Å². The van der Waals surface area contributed by atoms with Gasteiger partial charge in [-0.15, -0.1) is 0 Å². The smallest absolute Gasteiger partial charge is 0.318 e. The van der Waals surface area contributed by atoms with Crippen LogP contribution in [0.3, 0.4) is 0 Å². The predicted molar refractivity (Wildman–Crippen MR) is 173 cm³/mol. The molecule has 11 heteroatoms. The summed E-state index contributed by atoms with van der Waals surface area (Å²) in [6.07, 6.45) is 4.55. The van der Waals surface area contributed by atoms with Gasteiger partial charge in [-0.3, -0.25) is 9.69 Å². The van der Waals surface area contributed by atoms with Crippen molar-refractivity contribution in [2.45, 2.75) is 43.8 Å². The van der Waals surface area contributed by atoms with E-state index in [9.17, 15) is 9.18 Å². The molecule has 0 radical (unpaired) electrons. The summed E-state index contributed by atoms with van der Waals surface area (Å²) in [4.78, 5) is 34.2. The number of hydrogen-bond acceptors (Lipinski definition) is 7. The molecule has 2 bridgehead atoms. The molecule has 0 unspecified atom stereocenters. The number of nitrogens with zero attached hydrogens (tertiary/aromatic N) is 7. The molecule has 3 aromatic rings. The second kappa shape index (κ2) is 11.8. The third-order valence-electron chi connectivity index (χ3n) is 10.2. The Morgan fingerprint density at radius 1 is 1.18 bits per heavy atom. The van der Waals surface area contributed by atoms with Crippen LogP contribution >= 0.6 is 11.6 Å². The SMILES string of the molecule is [C-]#[N+]C[C@H]1CN(c2nc(OCCN(C)C34CC(C3)C4)nc3c2CCN(c2cccc4cccc(Cl)c24)C3)CCN1C(=O)C(=C)F. The number of carbonyl (C=O) groups excluding carboxylic acids is 1. The minimum absolute atomic E-state index is 0.0662. The number of ether oxygens (including phenoxy) is 1. The molecule has 45 heavy (non-hydrogen) atoms. The van der Waals surface area contributed by atoms with E-state index < -0.39 is 17.8 Å². The lowest BCUT2D eigenvalue weighted by atomic mass is 9.49. The fraction of sp³-hybridized carbons (Fsp3) is 0.471. The molecule has 1 atom stereocenters. The molecule has 2 aromatic carbocycles. The molecule has 1 saturated heterocycles. The van der Waals surface area contributed by atoms with Gasteiger partial charge in [0, 0.05) is 54.9 Å². The summed E-state index contributed by atoms with van der Waals surface area (Å²) in [5.41, 5.74) is 3.33. The minimum atomic E-state index is -1.01. The Kier molecular flexibility index (Phi) is 7.78. The highest BCUT2D eigenvalue weighted by atomic mass is 35.5. The maximum absolute atomic E-state index is 13.8. The van der Waals surface area contributed by atoms with Gasteiger partial charge >= 0.3 is 6.01 Å². The highest BCUT2D eigenvalue weighted by Crippen LogP contribution is 2.60. The molecule has 1 aromatic heterocycles. The number of piperazine rings is 1. The zero-order valence-electron chi connectivity index (χ0n) is 25.5. The van der Waals surface area contributed by atoms with Gasteiger partial charge in [0.25, 0.3) is 5.91 Å². The Morgan fingerprint density at radius 3 is 2.67 bits per heavy atom. The van der Waals surface area contributed by atoms with Crippen molar-refractivity contribution in [3.8, 4) is 6.01 Å². The fourth-order valence-corrected chi connectivity index (χ4v) is 7.88. The molecule has 5 aliphatic rings. The first-order valence-corrected chi connectivity index (χ1v) is 16.0. The van der Waals surface area contributed by atoms with E-state index in [1.807, 2.05) is 12.1 Å². The Morgan fingerprint density at radius 2 is 1.96 bits per heavy atom. The summed E-state index contributed by atoms with van der Waals surface area (Å²) in [7, 11) is 2.18. The van der Waals surface area contributed by atoms with E-state index in [2.05, 4.69) is 57.4 Å². The molecular formula is C34H37ClFN7O2. The highest BCUT2D eigenvalue weighted by Gasteiger charge is 2.58. The summed E-state index contributed by atoms with van der Waals surface area (Å²) < 4.78 is 20.1. The number of aromatic nitrogens is 2. The quantitative estimate of drug-likeness (QED) is 0.240. The largest absolute Gasteiger partial charge is 0.462 e. The van der Waals surface area contributed by atoms with Crippen LogP contribution in [-0.2, 0) is 17.8 Å². The Labute approximate surface area is 268 Å². The topological polar surface area (TPSA) is 69.4 Å². The monoisotopic (exact) mass is 629 g/mol. The van der Waals surface area contributed by atoms with Crippen molar-refractivity contribution < 1.29 is 13.9 Å². The van der Waals surface area contributed by atoms with Crippen LogP contribution in [0.25, 0.3) is 15.6 Å². The third kappa shape index (κ3) is 5.36. The van der Waals surface area contributed by atoms with Crippen molar-refractivity contribution in [2.75, 3.05) is 62.7 Å². The van der Waals surface area contributed by atoms with Crippen molar-refractivity contribution in [1.29, 1.82) is 0 Å². The van der Waals surface area contributed by atoms with Crippen molar-refractivity contribution in [1.82, 2.24) is 19.8 Å². The van der Waals surface area contributed by atoms with Gasteiger partial charge in [-0.05, 0) is 56.2 Å². The number of amides is 1. The predicted octanol–water partition coefficient (Wildman–Crippen LogP) is 5.13. The molecular weight excluding hydrogens is 593 g/mol. The van der Waals surface area contributed by atoms with E-state index in [1.165, 1.54) is 24.2 Å². The number of anilines is 2. The number of benzene rings is 2. The van der Waals surface area contributed by atoms with E-state index in [0.29, 0.717) is 49.2 Å². The first-order chi connectivity index (χ1) is 21.8. The standard InChI is InChI=1S/C34H37ClFN7O2/c1-22(36)32(44)43-13-12-42(20-25(43)19-37-2)31-26-10-11-41(29-9-5-7-24-6-4-8-27(35)30(24)29)21-28(26)38-33(39-31)45-15-14-40(3)34-16-23(17-34)18-34/h4-9,23,25H,1,10-21H2,3H3/t23?,25-,34?/m0/s1. The average molecular weight is 630 g/mol.